The van der Waals surface area contributed by atoms with Gasteiger partial charge < -0.3 is 20.1 Å². The first-order valence-electron chi connectivity index (χ1n) is 7.92. The topological polar surface area (TPSA) is 61.8 Å². The highest BCUT2D eigenvalue weighted by molar-refractivity contribution is 5.68. The molecule has 2 atom stereocenters. The van der Waals surface area contributed by atoms with Gasteiger partial charge in [0.2, 0.25) is 0 Å². The van der Waals surface area contributed by atoms with Crippen molar-refractivity contribution in [2.24, 2.45) is 5.92 Å². The minimum Gasteiger partial charge on any atom is -0.444 e. The highest BCUT2D eigenvalue weighted by Crippen LogP contribution is 2.22. The molecular formula is C16H32N2O3. The number of hydrogen-bond acceptors (Lipinski definition) is 4. The Morgan fingerprint density at radius 3 is 2.52 bits per heavy atom. The van der Waals surface area contributed by atoms with Crippen LogP contribution in [0, 0.1) is 5.92 Å². The maximum atomic E-state index is 12.1. The number of aliphatic hydroxyl groups is 1. The fourth-order valence-corrected chi connectivity index (χ4v) is 2.49. The summed E-state index contributed by atoms with van der Waals surface area (Å²) >= 11 is 0. The van der Waals surface area contributed by atoms with Crippen LogP contribution in [0.2, 0.25) is 0 Å². The normalized spacial score (nSPS) is 22.0. The fraction of sp³-hybridized carbons (Fsp3) is 0.938. The van der Waals surface area contributed by atoms with Gasteiger partial charge >= 0.3 is 6.09 Å². The second-order valence-corrected chi connectivity index (χ2v) is 7.81. The average molecular weight is 300 g/mol. The number of rotatable bonds is 4. The van der Waals surface area contributed by atoms with Crippen LogP contribution in [0.4, 0.5) is 4.79 Å². The summed E-state index contributed by atoms with van der Waals surface area (Å²) in [5.41, 5.74) is -1.16. The van der Waals surface area contributed by atoms with Crippen molar-refractivity contribution in [3.8, 4) is 0 Å². The van der Waals surface area contributed by atoms with Crippen molar-refractivity contribution < 1.29 is 14.6 Å². The lowest BCUT2D eigenvalue weighted by molar-refractivity contribution is 0.0136. The van der Waals surface area contributed by atoms with E-state index in [-0.39, 0.29) is 12.1 Å². The number of ether oxygens (including phenoxy) is 1. The van der Waals surface area contributed by atoms with Gasteiger partial charge in [0.05, 0.1) is 5.60 Å². The van der Waals surface area contributed by atoms with Gasteiger partial charge in [0.15, 0.2) is 0 Å². The third kappa shape index (κ3) is 7.14. The van der Waals surface area contributed by atoms with Gasteiger partial charge in [-0.15, -0.1) is 0 Å². The molecule has 5 nitrogen and oxygen atoms in total. The van der Waals surface area contributed by atoms with Crippen LogP contribution in [0.15, 0.2) is 0 Å². The van der Waals surface area contributed by atoms with E-state index in [9.17, 15) is 9.90 Å². The first kappa shape index (κ1) is 18.2. The second kappa shape index (κ2) is 6.97. The van der Waals surface area contributed by atoms with Crippen LogP contribution in [0.25, 0.3) is 0 Å². The van der Waals surface area contributed by atoms with E-state index in [0.29, 0.717) is 12.5 Å². The standard InChI is InChI=1S/C16H32N2O3/c1-12(17-11-16(5,6)20)13-8-7-9-18(10-13)14(19)21-15(2,3)4/h12-13,17,20H,7-11H2,1-6H3. The molecule has 0 aliphatic carbocycles. The lowest BCUT2D eigenvalue weighted by Crippen LogP contribution is -2.49. The minimum absolute atomic E-state index is 0.220. The van der Waals surface area contributed by atoms with E-state index in [1.165, 1.54) is 0 Å². The molecule has 1 heterocycles. The zero-order valence-electron chi connectivity index (χ0n) is 14.4. The van der Waals surface area contributed by atoms with Gasteiger partial charge in [0, 0.05) is 25.7 Å². The lowest BCUT2D eigenvalue weighted by atomic mass is 9.91. The maximum Gasteiger partial charge on any atom is 0.410 e. The summed E-state index contributed by atoms with van der Waals surface area (Å²) in [5, 5.41) is 13.2. The van der Waals surface area contributed by atoms with Crippen LogP contribution < -0.4 is 5.32 Å². The van der Waals surface area contributed by atoms with Gasteiger partial charge in [-0.05, 0) is 60.3 Å². The van der Waals surface area contributed by atoms with E-state index >= 15 is 0 Å². The quantitative estimate of drug-likeness (QED) is 0.837. The van der Waals surface area contributed by atoms with Crippen molar-refractivity contribution >= 4 is 6.09 Å². The highest BCUT2D eigenvalue weighted by Gasteiger charge is 2.30. The third-order valence-electron chi connectivity index (χ3n) is 3.67. The molecule has 21 heavy (non-hydrogen) atoms. The zero-order valence-corrected chi connectivity index (χ0v) is 14.4. The highest BCUT2D eigenvalue weighted by atomic mass is 16.6. The summed E-state index contributed by atoms with van der Waals surface area (Å²) < 4.78 is 5.45. The van der Waals surface area contributed by atoms with E-state index in [0.717, 1.165) is 25.9 Å². The summed E-state index contributed by atoms with van der Waals surface area (Å²) in [5.74, 6) is 0.397. The Morgan fingerprint density at radius 2 is 2.00 bits per heavy atom. The van der Waals surface area contributed by atoms with Crippen LogP contribution in [0.5, 0.6) is 0 Å². The zero-order chi connectivity index (χ0) is 16.3. The summed E-state index contributed by atoms with van der Waals surface area (Å²) in [6.45, 7) is 13.4. The molecule has 1 saturated heterocycles. The van der Waals surface area contributed by atoms with Gasteiger partial charge in [-0.3, -0.25) is 0 Å². The van der Waals surface area contributed by atoms with Crippen LogP contribution >= 0.6 is 0 Å². The smallest absolute Gasteiger partial charge is 0.410 e. The molecule has 0 aromatic rings. The van der Waals surface area contributed by atoms with Gasteiger partial charge in [0.1, 0.15) is 5.60 Å². The first-order chi connectivity index (χ1) is 9.48. The van der Waals surface area contributed by atoms with E-state index in [2.05, 4.69) is 12.2 Å². The Hall–Kier alpha value is -0.810. The second-order valence-electron chi connectivity index (χ2n) is 7.81. The molecule has 0 aromatic carbocycles. The third-order valence-corrected chi connectivity index (χ3v) is 3.67. The molecule has 0 bridgehead atoms. The molecule has 2 N–H and O–H groups in total. The molecule has 0 aromatic heterocycles. The molecule has 1 aliphatic rings. The van der Waals surface area contributed by atoms with Gasteiger partial charge in [0.25, 0.3) is 0 Å². The molecule has 0 saturated carbocycles. The number of nitrogens with zero attached hydrogens (tertiary/aromatic N) is 1. The van der Waals surface area contributed by atoms with E-state index < -0.39 is 11.2 Å². The van der Waals surface area contributed by atoms with E-state index in [4.69, 9.17) is 4.74 Å². The molecule has 5 heteroatoms. The number of likely N-dealkylation sites (tertiary alicyclic amines) is 1. The Labute approximate surface area is 129 Å². The van der Waals surface area contributed by atoms with Crippen molar-refractivity contribution in [2.75, 3.05) is 19.6 Å². The summed E-state index contributed by atoms with van der Waals surface area (Å²) in [6, 6.07) is 0.265. The molecule has 1 fully saturated rings. The largest absolute Gasteiger partial charge is 0.444 e. The Kier molecular flexibility index (Phi) is 6.05. The summed E-state index contributed by atoms with van der Waals surface area (Å²) in [6.07, 6.45) is 1.87. The van der Waals surface area contributed by atoms with Crippen molar-refractivity contribution in [2.45, 2.75) is 71.6 Å². The van der Waals surface area contributed by atoms with Crippen molar-refractivity contribution in [3.63, 3.8) is 0 Å². The fourth-order valence-electron chi connectivity index (χ4n) is 2.49. The molecule has 1 rings (SSSR count). The number of hydrogen-bond donors (Lipinski definition) is 2. The monoisotopic (exact) mass is 300 g/mol. The number of piperidine rings is 1. The number of nitrogens with one attached hydrogen (secondary N) is 1. The Bertz CT molecular complexity index is 344. The molecule has 1 aliphatic heterocycles. The van der Waals surface area contributed by atoms with Crippen LogP contribution in [-0.2, 0) is 4.74 Å². The van der Waals surface area contributed by atoms with E-state index in [1.807, 2.05) is 25.7 Å². The summed E-state index contributed by atoms with van der Waals surface area (Å²) in [4.78, 5) is 13.9. The SMILES string of the molecule is CC(NCC(C)(C)O)C1CCCN(C(=O)OC(C)(C)C)C1. The Morgan fingerprint density at radius 1 is 1.38 bits per heavy atom. The maximum absolute atomic E-state index is 12.1. The average Bonchev–Trinajstić information content (AvgIpc) is 2.33. The molecule has 1 amide bonds. The van der Waals surface area contributed by atoms with Crippen LogP contribution in [0.1, 0.15) is 54.4 Å². The van der Waals surface area contributed by atoms with E-state index in [1.54, 1.807) is 13.8 Å². The minimum atomic E-state index is -0.715. The van der Waals surface area contributed by atoms with Crippen molar-refractivity contribution in [1.82, 2.24) is 10.2 Å². The molecule has 124 valence electrons. The van der Waals surface area contributed by atoms with Gasteiger partial charge in [-0.2, -0.15) is 0 Å². The predicted octanol–water partition coefficient (Wildman–Crippen LogP) is 2.38. The Balaban J connectivity index is 2.50. The molecular weight excluding hydrogens is 268 g/mol. The van der Waals surface area contributed by atoms with Gasteiger partial charge in [-0.25, -0.2) is 4.79 Å². The molecule has 0 radical (unpaired) electrons. The predicted molar refractivity (Wildman–Crippen MR) is 84.3 cm³/mol. The molecule has 2 unspecified atom stereocenters. The van der Waals surface area contributed by atoms with Crippen molar-refractivity contribution in [3.05, 3.63) is 0 Å². The molecule has 0 spiro atoms. The lowest BCUT2D eigenvalue weighted by Gasteiger charge is -2.37. The van der Waals surface area contributed by atoms with Gasteiger partial charge in [-0.1, -0.05) is 0 Å². The number of carbonyl (C=O) groups is 1. The number of carbonyl (C=O) groups excluding carboxylic acids is 1. The summed E-state index contributed by atoms with van der Waals surface area (Å²) in [7, 11) is 0. The van der Waals surface area contributed by atoms with Crippen LogP contribution in [-0.4, -0.2) is 53.0 Å². The number of amides is 1. The first-order valence-corrected chi connectivity index (χ1v) is 7.92. The van der Waals surface area contributed by atoms with Crippen LogP contribution in [0.3, 0.4) is 0 Å². The van der Waals surface area contributed by atoms with Crippen molar-refractivity contribution in [1.29, 1.82) is 0 Å².